The molecule has 0 bridgehead atoms. The highest BCUT2D eigenvalue weighted by Crippen LogP contribution is 2.28. The monoisotopic (exact) mass is 267 g/mol. The van der Waals surface area contributed by atoms with Gasteiger partial charge in [-0.05, 0) is 38.0 Å². The molecule has 0 unspecified atom stereocenters. The summed E-state index contributed by atoms with van der Waals surface area (Å²) in [5, 5.41) is 8.95. The van der Waals surface area contributed by atoms with Gasteiger partial charge in [-0.1, -0.05) is 6.07 Å². The van der Waals surface area contributed by atoms with Crippen molar-refractivity contribution in [2.24, 2.45) is 0 Å². The van der Waals surface area contributed by atoms with Gasteiger partial charge >= 0.3 is 0 Å². The van der Waals surface area contributed by atoms with E-state index in [9.17, 15) is 0 Å². The lowest BCUT2D eigenvalue weighted by Gasteiger charge is -2.26. The van der Waals surface area contributed by atoms with Crippen LogP contribution in [0.3, 0.4) is 0 Å². The molecule has 1 N–H and O–H groups in total. The van der Waals surface area contributed by atoms with Gasteiger partial charge in [0.2, 0.25) is 0 Å². The van der Waals surface area contributed by atoms with Gasteiger partial charge in [-0.2, -0.15) is 0 Å². The van der Waals surface area contributed by atoms with Crippen molar-refractivity contribution in [3.05, 3.63) is 23.8 Å². The fourth-order valence-corrected chi connectivity index (χ4v) is 2.01. The van der Waals surface area contributed by atoms with Crippen molar-refractivity contribution in [2.75, 3.05) is 27.4 Å². The molecule has 0 atom stereocenters. The first kappa shape index (κ1) is 15.8. The van der Waals surface area contributed by atoms with Crippen LogP contribution in [0, 0.1) is 0 Å². The second-order valence-electron chi connectivity index (χ2n) is 4.83. The number of methoxy groups -OCH3 is 2. The highest BCUT2D eigenvalue weighted by atomic mass is 16.5. The predicted molar refractivity (Wildman–Crippen MR) is 76.8 cm³/mol. The minimum absolute atomic E-state index is 0.231. The molecular formula is C15H25NO3. The molecule has 0 aromatic heterocycles. The van der Waals surface area contributed by atoms with Crippen LogP contribution in [0.15, 0.2) is 18.2 Å². The van der Waals surface area contributed by atoms with Crippen LogP contribution in [-0.4, -0.2) is 43.4 Å². The first-order valence-electron chi connectivity index (χ1n) is 6.68. The first-order chi connectivity index (χ1) is 9.12. The fourth-order valence-electron chi connectivity index (χ4n) is 2.01. The van der Waals surface area contributed by atoms with Gasteiger partial charge in [-0.15, -0.1) is 0 Å². The van der Waals surface area contributed by atoms with Gasteiger partial charge in [0.1, 0.15) is 0 Å². The van der Waals surface area contributed by atoms with E-state index in [-0.39, 0.29) is 6.61 Å². The van der Waals surface area contributed by atoms with Crippen molar-refractivity contribution in [3.63, 3.8) is 0 Å². The number of aliphatic hydroxyl groups excluding tert-OH is 1. The van der Waals surface area contributed by atoms with Crippen molar-refractivity contribution < 1.29 is 14.6 Å². The summed E-state index contributed by atoms with van der Waals surface area (Å²) in [6.45, 7) is 6.30. The molecule has 1 rings (SSSR count). The van der Waals surface area contributed by atoms with E-state index in [1.165, 1.54) is 5.56 Å². The second kappa shape index (κ2) is 8.02. The van der Waals surface area contributed by atoms with Gasteiger partial charge in [-0.3, -0.25) is 4.90 Å². The Bertz CT molecular complexity index is 380. The molecule has 1 aromatic carbocycles. The first-order valence-corrected chi connectivity index (χ1v) is 6.68. The van der Waals surface area contributed by atoms with Crippen LogP contribution in [0.4, 0.5) is 0 Å². The van der Waals surface area contributed by atoms with E-state index in [0.717, 1.165) is 31.0 Å². The minimum atomic E-state index is 0.231. The predicted octanol–water partition coefficient (Wildman–Crippen LogP) is 2.30. The maximum atomic E-state index is 8.95. The normalized spacial score (nSPS) is 11.1. The molecule has 0 heterocycles. The lowest BCUT2D eigenvalue weighted by molar-refractivity contribution is 0.184. The SMILES string of the molecule is COc1ccc(CN(CCCO)C(C)C)cc1OC. The fraction of sp³-hybridized carbons (Fsp3) is 0.600. The molecule has 0 amide bonds. The standard InChI is InChI=1S/C15H25NO3/c1-12(2)16(8-5-9-17)11-13-6-7-14(18-3)15(10-13)19-4/h6-7,10,12,17H,5,8-9,11H2,1-4H3. The third-order valence-electron chi connectivity index (χ3n) is 3.17. The van der Waals surface area contributed by atoms with E-state index >= 15 is 0 Å². The minimum Gasteiger partial charge on any atom is -0.493 e. The average Bonchev–Trinajstić information content (AvgIpc) is 2.42. The van der Waals surface area contributed by atoms with Gasteiger partial charge in [-0.25, -0.2) is 0 Å². The van der Waals surface area contributed by atoms with E-state index < -0.39 is 0 Å². The van der Waals surface area contributed by atoms with Gasteiger partial charge in [0.15, 0.2) is 11.5 Å². The summed E-state index contributed by atoms with van der Waals surface area (Å²) in [5.41, 5.74) is 1.18. The van der Waals surface area contributed by atoms with E-state index in [1.807, 2.05) is 12.1 Å². The van der Waals surface area contributed by atoms with Crippen LogP contribution in [0.5, 0.6) is 11.5 Å². The lowest BCUT2D eigenvalue weighted by Crippen LogP contribution is -2.31. The molecule has 0 saturated carbocycles. The number of benzene rings is 1. The molecule has 0 saturated heterocycles. The van der Waals surface area contributed by atoms with Crippen molar-refractivity contribution in [1.29, 1.82) is 0 Å². The Kier molecular flexibility index (Phi) is 6.67. The molecule has 1 aromatic rings. The summed E-state index contributed by atoms with van der Waals surface area (Å²) in [6, 6.07) is 6.43. The Labute approximate surface area is 115 Å². The van der Waals surface area contributed by atoms with E-state index in [4.69, 9.17) is 14.6 Å². The molecule has 4 nitrogen and oxygen atoms in total. The third kappa shape index (κ3) is 4.73. The van der Waals surface area contributed by atoms with E-state index in [1.54, 1.807) is 14.2 Å². The Morgan fingerprint density at radius 2 is 1.84 bits per heavy atom. The van der Waals surface area contributed by atoms with Crippen molar-refractivity contribution in [3.8, 4) is 11.5 Å². The molecule has 108 valence electrons. The molecule has 19 heavy (non-hydrogen) atoms. The Morgan fingerprint density at radius 1 is 1.16 bits per heavy atom. The molecule has 0 fully saturated rings. The molecule has 0 aliphatic carbocycles. The third-order valence-corrected chi connectivity index (χ3v) is 3.17. The number of hydrogen-bond donors (Lipinski definition) is 1. The van der Waals surface area contributed by atoms with Crippen molar-refractivity contribution >= 4 is 0 Å². The summed E-state index contributed by atoms with van der Waals surface area (Å²) in [4.78, 5) is 2.33. The van der Waals surface area contributed by atoms with Crippen LogP contribution in [0.2, 0.25) is 0 Å². The van der Waals surface area contributed by atoms with Crippen molar-refractivity contribution in [2.45, 2.75) is 32.9 Å². The molecule has 0 aliphatic heterocycles. The highest BCUT2D eigenvalue weighted by Gasteiger charge is 2.11. The summed E-state index contributed by atoms with van der Waals surface area (Å²) in [5.74, 6) is 1.50. The smallest absolute Gasteiger partial charge is 0.161 e. The van der Waals surface area contributed by atoms with E-state index in [2.05, 4.69) is 24.8 Å². The maximum absolute atomic E-state index is 8.95. The second-order valence-corrected chi connectivity index (χ2v) is 4.83. The van der Waals surface area contributed by atoms with Crippen LogP contribution in [0.25, 0.3) is 0 Å². The summed E-state index contributed by atoms with van der Waals surface area (Å²) < 4.78 is 10.6. The molecule has 0 spiro atoms. The molecule has 4 heteroatoms. The van der Waals surface area contributed by atoms with Gasteiger partial charge in [0, 0.05) is 25.7 Å². The number of ether oxygens (including phenoxy) is 2. The quantitative estimate of drug-likeness (QED) is 0.784. The molecule has 0 radical (unpaired) electrons. The average molecular weight is 267 g/mol. The molecular weight excluding hydrogens is 242 g/mol. The zero-order chi connectivity index (χ0) is 14.3. The molecule has 0 aliphatic rings. The number of rotatable bonds is 8. The Balaban J connectivity index is 2.78. The van der Waals surface area contributed by atoms with Crippen LogP contribution >= 0.6 is 0 Å². The van der Waals surface area contributed by atoms with Crippen LogP contribution in [-0.2, 0) is 6.54 Å². The maximum Gasteiger partial charge on any atom is 0.161 e. The van der Waals surface area contributed by atoms with Gasteiger partial charge < -0.3 is 14.6 Å². The Hall–Kier alpha value is -1.26. The number of aliphatic hydroxyl groups is 1. The lowest BCUT2D eigenvalue weighted by atomic mass is 10.1. The van der Waals surface area contributed by atoms with Gasteiger partial charge in [0.25, 0.3) is 0 Å². The Morgan fingerprint density at radius 3 is 2.37 bits per heavy atom. The summed E-state index contributed by atoms with van der Waals surface area (Å²) in [6.07, 6.45) is 0.797. The van der Waals surface area contributed by atoms with Gasteiger partial charge in [0.05, 0.1) is 14.2 Å². The number of hydrogen-bond acceptors (Lipinski definition) is 4. The van der Waals surface area contributed by atoms with E-state index in [0.29, 0.717) is 6.04 Å². The zero-order valence-corrected chi connectivity index (χ0v) is 12.3. The summed E-state index contributed by atoms with van der Waals surface area (Å²) in [7, 11) is 3.28. The zero-order valence-electron chi connectivity index (χ0n) is 12.3. The topological polar surface area (TPSA) is 41.9 Å². The highest BCUT2D eigenvalue weighted by molar-refractivity contribution is 5.42. The van der Waals surface area contributed by atoms with Crippen molar-refractivity contribution in [1.82, 2.24) is 4.90 Å². The van der Waals surface area contributed by atoms with Crippen LogP contribution in [0.1, 0.15) is 25.8 Å². The number of nitrogens with zero attached hydrogens (tertiary/aromatic N) is 1. The largest absolute Gasteiger partial charge is 0.493 e. The van der Waals surface area contributed by atoms with Crippen LogP contribution < -0.4 is 9.47 Å². The summed E-state index contributed by atoms with van der Waals surface area (Å²) >= 11 is 0.